The fraction of sp³-hybridized carbons (Fsp3) is 0.111. The molecule has 1 radical (unpaired) electrons. The van der Waals surface area contributed by atoms with E-state index in [4.69, 9.17) is 27.9 Å². The lowest BCUT2D eigenvalue weighted by Gasteiger charge is -2.14. The molecule has 147 valence electrons. The van der Waals surface area contributed by atoms with Gasteiger partial charge in [0.1, 0.15) is 22.2 Å². The number of anilines is 1. The van der Waals surface area contributed by atoms with E-state index >= 15 is 0 Å². The maximum atomic E-state index is 14.6. The second-order valence-electron chi connectivity index (χ2n) is 5.62. The van der Waals surface area contributed by atoms with Crippen LogP contribution in [-0.4, -0.2) is 13.4 Å². The van der Waals surface area contributed by atoms with E-state index < -0.39 is 20.7 Å². The summed E-state index contributed by atoms with van der Waals surface area (Å²) in [5.74, 6) is -0.562. The predicted molar refractivity (Wildman–Crippen MR) is 110 cm³/mol. The molecule has 0 aliphatic rings. The van der Waals surface area contributed by atoms with Gasteiger partial charge in [-0.25, -0.2) is 17.8 Å². The summed E-state index contributed by atoms with van der Waals surface area (Å²) in [5.41, 5.74) is 0.786. The lowest BCUT2D eigenvalue weighted by Crippen LogP contribution is -2.14. The van der Waals surface area contributed by atoms with Gasteiger partial charge in [-0.2, -0.15) is 0 Å². The molecule has 0 aliphatic heterocycles. The Balaban J connectivity index is 1.93. The first-order valence-electron chi connectivity index (χ1n) is 7.95. The van der Waals surface area contributed by atoms with Gasteiger partial charge in [0, 0.05) is 22.7 Å². The van der Waals surface area contributed by atoms with E-state index in [0.29, 0.717) is 17.2 Å². The average Bonchev–Trinajstić information content (AvgIpc) is 3.12. The Kier molecular flexibility index (Phi) is 6.44. The third-order valence-corrected chi connectivity index (χ3v) is 6.30. The summed E-state index contributed by atoms with van der Waals surface area (Å²) in [4.78, 5) is 3.22. The van der Waals surface area contributed by atoms with Crippen molar-refractivity contribution in [3.8, 4) is 11.5 Å². The molecule has 1 heterocycles. The van der Waals surface area contributed by atoms with E-state index in [1.165, 1.54) is 6.20 Å². The standard InChI is InChI=1S/C18H14Cl2FN2O3S2/c1-2-3-11-8-12(19)4-5-15(11)26-16-10-14(21)17(9-13(16)20)28(24,25)23-18-22-6-7-27-18/h2,4-10H,3H2,1H3,(H,22,23). The number of nitrogens with zero attached hydrogens (tertiary/aromatic N) is 1. The van der Waals surface area contributed by atoms with E-state index in [9.17, 15) is 12.8 Å². The number of ether oxygens (including phenoxy) is 1. The molecule has 0 aliphatic carbocycles. The molecule has 0 unspecified atom stereocenters. The summed E-state index contributed by atoms with van der Waals surface area (Å²) in [6.07, 6.45) is 3.93. The SMILES string of the molecule is C[CH]Cc1cc(Cl)ccc1Oc1cc(F)c(S(=O)(=O)Nc2nccs2)cc1Cl. The van der Waals surface area contributed by atoms with Gasteiger partial charge >= 0.3 is 0 Å². The molecule has 1 aromatic heterocycles. The lowest BCUT2D eigenvalue weighted by atomic mass is 10.1. The van der Waals surface area contributed by atoms with Gasteiger partial charge < -0.3 is 4.74 Å². The minimum absolute atomic E-state index is 0.00737. The van der Waals surface area contributed by atoms with Gasteiger partial charge in [0.25, 0.3) is 10.0 Å². The summed E-state index contributed by atoms with van der Waals surface area (Å²) in [6, 6.07) is 6.95. The normalized spacial score (nSPS) is 11.4. The maximum absolute atomic E-state index is 14.6. The Bertz CT molecular complexity index is 1090. The molecule has 0 amide bonds. The molecule has 5 nitrogen and oxygen atoms in total. The number of rotatable bonds is 7. The lowest BCUT2D eigenvalue weighted by molar-refractivity contribution is 0.469. The molecule has 0 atom stereocenters. The number of hydrogen-bond donors (Lipinski definition) is 1. The van der Waals surface area contributed by atoms with Crippen LogP contribution < -0.4 is 9.46 Å². The van der Waals surface area contributed by atoms with Crippen molar-refractivity contribution >= 4 is 49.7 Å². The molecule has 0 bridgehead atoms. The molecular formula is C18H14Cl2FN2O3S2. The monoisotopic (exact) mass is 459 g/mol. The first-order valence-corrected chi connectivity index (χ1v) is 11.1. The quantitative estimate of drug-likeness (QED) is 0.473. The summed E-state index contributed by atoms with van der Waals surface area (Å²) < 4.78 is 47.3. The number of thiazole rings is 1. The highest BCUT2D eigenvalue weighted by Crippen LogP contribution is 2.36. The second kappa shape index (κ2) is 8.65. The first-order chi connectivity index (χ1) is 13.3. The van der Waals surface area contributed by atoms with E-state index in [1.54, 1.807) is 23.6 Å². The van der Waals surface area contributed by atoms with Crippen molar-refractivity contribution in [1.29, 1.82) is 0 Å². The summed E-state index contributed by atoms with van der Waals surface area (Å²) >= 11 is 13.2. The molecule has 0 spiro atoms. The number of aromatic nitrogens is 1. The highest BCUT2D eigenvalue weighted by atomic mass is 35.5. The zero-order valence-corrected chi connectivity index (χ0v) is 17.6. The van der Waals surface area contributed by atoms with E-state index in [-0.39, 0.29) is 15.9 Å². The van der Waals surface area contributed by atoms with Crippen LogP contribution in [0.15, 0.2) is 46.8 Å². The molecule has 28 heavy (non-hydrogen) atoms. The molecule has 3 rings (SSSR count). The number of benzene rings is 2. The van der Waals surface area contributed by atoms with Crippen LogP contribution in [-0.2, 0) is 16.4 Å². The third-order valence-electron chi connectivity index (χ3n) is 3.60. The van der Waals surface area contributed by atoms with Crippen LogP contribution in [0, 0.1) is 12.2 Å². The molecular weight excluding hydrogens is 446 g/mol. The Labute approximate surface area is 176 Å². The largest absolute Gasteiger partial charge is 0.455 e. The van der Waals surface area contributed by atoms with Crippen molar-refractivity contribution in [3.05, 3.63) is 69.8 Å². The molecule has 10 heteroatoms. The van der Waals surface area contributed by atoms with Crippen molar-refractivity contribution in [2.45, 2.75) is 18.2 Å². The minimum atomic E-state index is -4.19. The van der Waals surface area contributed by atoms with E-state index in [1.807, 2.05) is 13.3 Å². The van der Waals surface area contributed by atoms with Crippen molar-refractivity contribution in [1.82, 2.24) is 4.98 Å². The number of sulfonamides is 1. The third kappa shape index (κ3) is 4.75. The van der Waals surface area contributed by atoms with Gasteiger partial charge in [-0.15, -0.1) is 11.3 Å². The fourth-order valence-corrected chi connectivity index (χ4v) is 4.72. The highest BCUT2D eigenvalue weighted by Gasteiger charge is 2.23. The Morgan fingerprint density at radius 1 is 1.25 bits per heavy atom. The van der Waals surface area contributed by atoms with Crippen LogP contribution in [0.3, 0.4) is 0 Å². The van der Waals surface area contributed by atoms with Gasteiger partial charge in [0.05, 0.1) is 5.02 Å². The summed E-state index contributed by atoms with van der Waals surface area (Å²) in [7, 11) is -4.19. The van der Waals surface area contributed by atoms with Crippen LogP contribution in [0.5, 0.6) is 11.5 Å². The van der Waals surface area contributed by atoms with Crippen LogP contribution in [0.1, 0.15) is 12.5 Å². The van der Waals surface area contributed by atoms with Gasteiger partial charge in [0.2, 0.25) is 0 Å². The van der Waals surface area contributed by atoms with Gasteiger partial charge in [-0.1, -0.05) is 30.1 Å². The van der Waals surface area contributed by atoms with E-state index in [2.05, 4.69) is 9.71 Å². The number of hydrogen-bond acceptors (Lipinski definition) is 5. The van der Waals surface area contributed by atoms with Crippen LogP contribution in [0.4, 0.5) is 9.52 Å². The van der Waals surface area contributed by atoms with Crippen LogP contribution in [0.25, 0.3) is 0 Å². The zero-order valence-electron chi connectivity index (χ0n) is 14.4. The number of nitrogens with one attached hydrogen (secondary N) is 1. The second-order valence-corrected chi connectivity index (χ2v) is 9.01. The Hall–Kier alpha value is -1.87. The van der Waals surface area contributed by atoms with Gasteiger partial charge in [-0.05, 0) is 42.7 Å². The maximum Gasteiger partial charge on any atom is 0.266 e. The van der Waals surface area contributed by atoms with Crippen molar-refractivity contribution in [2.24, 2.45) is 0 Å². The first kappa shape index (κ1) is 20.9. The molecule has 0 saturated heterocycles. The van der Waals surface area contributed by atoms with Gasteiger partial charge in [-0.3, -0.25) is 4.72 Å². The zero-order chi connectivity index (χ0) is 20.3. The number of halogens is 3. The van der Waals surface area contributed by atoms with Crippen LogP contribution >= 0.6 is 34.5 Å². The average molecular weight is 460 g/mol. The molecule has 3 aromatic rings. The predicted octanol–water partition coefficient (Wildman–Crippen LogP) is 5.95. The van der Waals surface area contributed by atoms with E-state index in [0.717, 1.165) is 29.0 Å². The highest BCUT2D eigenvalue weighted by molar-refractivity contribution is 7.93. The minimum Gasteiger partial charge on any atom is -0.455 e. The van der Waals surface area contributed by atoms with Crippen molar-refractivity contribution in [2.75, 3.05) is 4.72 Å². The molecule has 1 N–H and O–H groups in total. The summed E-state index contributed by atoms with van der Waals surface area (Å²) in [5, 5.41) is 2.20. The molecule has 0 saturated carbocycles. The molecule has 2 aromatic carbocycles. The fourth-order valence-electron chi connectivity index (χ4n) is 2.38. The smallest absolute Gasteiger partial charge is 0.266 e. The topological polar surface area (TPSA) is 68.3 Å². The summed E-state index contributed by atoms with van der Waals surface area (Å²) in [6.45, 7) is 1.88. The Morgan fingerprint density at radius 2 is 2.04 bits per heavy atom. The Morgan fingerprint density at radius 3 is 2.71 bits per heavy atom. The van der Waals surface area contributed by atoms with Crippen molar-refractivity contribution < 1.29 is 17.5 Å². The van der Waals surface area contributed by atoms with Crippen molar-refractivity contribution in [3.63, 3.8) is 0 Å². The van der Waals surface area contributed by atoms with Crippen LogP contribution in [0.2, 0.25) is 10.0 Å². The van der Waals surface area contributed by atoms with Gasteiger partial charge in [0.15, 0.2) is 5.13 Å². The molecule has 0 fully saturated rings.